The van der Waals surface area contributed by atoms with Crippen molar-refractivity contribution < 1.29 is 13.9 Å². The minimum absolute atomic E-state index is 0.193. The largest absolute Gasteiger partial charge is 0.462 e. The predicted molar refractivity (Wildman–Crippen MR) is 88.4 cm³/mol. The number of aromatic nitrogens is 1. The average molecular weight is 309 g/mol. The molecule has 3 aromatic rings. The lowest BCUT2D eigenvalue weighted by Gasteiger charge is -2.05. The lowest BCUT2D eigenvalue weighted by atomic mass is 10.1. The van der Waals surface area contributed by atoms with E-state index in [1.54, 1.807) is 19.1 Å². The molecule has 116 valence electrons. The van der Waals surface area contributed by atoms with Crippen molar-refractivity contribution >= 4 is 33.6 Å². The molecule has 0 atom stereocenters. The van der Waals surface area contributed by atoms with Gasteiger partial charge in [-0.15, -0.1) is 0 Å². The van der Waals surface area contributed by atoms with Crippen LogP contribution in [0.15, 0.2) is 46.3 Å². The molecule has 0 N–H and O–H groups in total. The number of ether oxygens (including phenoxy) is 1. The summed E-state index contributed by atoms with van der Waals surface area (Å²) in [5.41, 5.74) is 2.34. The van der Waals surface area contributed by atoms with Gasteiger partial charge >= 0.3 is 5.97 Å². The molecule has 0 aliphatic rings. The molecule has 0 spiro atoms. The first-order valence-corrected chi connectivity index (χ1v) is 7.21. The molecule has 0 amide bonds. The first kappa shape index (κ1) is 15.0. The van der Waals surface area contributed by atoms with Gasteiger partial charge in [0.25, 0.3) is 0 Å². The van der Waals surface area contributed by atoms with Crippen molar-refractivity contribution in [2.24, 2.45) is 0 Å². The average Bonchev–Trinajstić information content (AvgIpc) is 2.54. The van der Waals surface area contributed by atoms with Crippen molar-refractivity contribution in [3.63, 3.8) is 0 Å². The summed E-state index contributed by atoms with van der Waals surface area (Å²) in [6.07, 6.45) is 1.34. The molecule has 5 heteroatoms. The number of carbonyl (C=O) groups is 1. The van der Waals surface area contributed by atoms with E-state index >= 15 is 0 Å². The van der Waals surface area contributed by atoms with E-state index in [0.29, 0.717) is 11.0 Å². The monoisotopic (exact) mass is 309 g/mol. The fourth-order valence-electron chi connectivity index (χ4n) is 2.33. The summed E-state index contributed by atoms with van der Waals surface area (Å²) in [6, 6.07) is 6.76. The maximum Gasteiger partial charge on any atom is 0.339 e. The Morgan fingerprint density at radius 1 is 1.26 bits per heavy atom. The van der Waals surface area contributed by atoms with Crippen molar-refractivity contribution in [3.05, 3.63) is 58.4 Å². The minimum Gasteiger partial charge on any atom is -0.462 e. The Bertz CT molecular complexity index is 1000. The number of allylic oxidation sites excluding steroid dienone is 1. The maximum absolute atomic E-state index is 12.7. The van der Waals surface area contributed by atoms with Gasteiger partial charge in [0.15, 0.2) is 0 Å². The van der Waals surface area contributed by atoms with Crippen molar-refractivity contribution in [2.45, 2.75) is 13.8 Å². The second kappa shape index (κ2) is 5.68. The lowest BCUT2D eigenvalue weighted by Crippen LogP contribution is -2.08. The molecule has 0 unspecified atom stereocenters. The van der Waals surface area contributed by atoms with Crippen molar-refractivity contribution in [3.8, 4) is 0 Å². The second-order valence-corrected chi connectivity index (χ2v) is 5.22. The van der Waals surface area contributed by atoms with Crippen LogP contribution in [0.4, 0.5) is 0 Å². The molecule has 5 nitrogen and oxygen atoms in total. The number of rotatable bonds is 3. The molecule has 0 fully saturated rings. The Morgan fingerprint density at radius 3 is 2.70 bits per heavy atom. The number of hydrogen-bond donors (Lipinski definition) is 0. The van der Waals surface area contributed by atoms with Crippen LogP contribution in [0.1, 0.15) is 29.8 Å². The fourth-order valence-corrected chi connectivity index (χ4v) is 2.33. The molecule has 0 bridgehead atoms. The van der Waals surface area contributed by atoms with Gasteiger partial charge in [-0.2, -0.15) is 0 Å². The van der Waals surface area contributed by atoms with Gasteiger partial charge < -0.3 is 9.15 Å². The molecule has 1 aromatic carbocycles. The van der Waals surface area contributed by atoms with Gasteiger partial charge in [-0.1, -0.05) is 18.2 Å². The van der Waals surface area contributed by atoms with E-state index in [9.17, 15) is 9.59 Å². The molecule has 0 saturated carbocycles. The quantitative estimate of drug-likeness (QED) is 0.546. The third-order valence-corrected chi connectivity index (χ3v) is 3.53. The Kier molecular flexibility index (Phi) is 3.70. The Morgan fingerprint density at radius 2 is 2.00 bits per heavy atom. The zero-order valence-electron chi connectivity index (χ0n) is 12.9. The maximum atomic E-state index is 12.7. The van der Waals surface area contributed by atoms with Gasteiger partial charge in [0.05, 0.1) is 22.9 Å². The summed E-state index contributed by atoms with van der Waals surface area (Å²) < 4.78 is 10.6. The molecule has 0 aliphatic heterocycles. The summed E-state index contributed by atoms with van der Waals surface area (Å²) in [4.78, 5) is 28.6. The van der Waals surface area contributed by atoms with Gasteiger partial charge in [0, 0.05) is 6.20 Å². The van der Waals surface area contributed by atoms with E-state index in [0.717, 1.165) is 11.1 Å². The molecule has 0 aliphatic carbocycles. The zero-order chi connectivity index (χ0) is 16.6. The van der Waals surface area contributed by atoms with Crippen molar-refractivity contribution in [1.29, 1.82) is 0 Å². The molecule has 0 saturated heterocycles. The van der Waals surface area contributed by atoms with Crippen LogP contribution >= 0.6 is 0 Å². The molecular formula is C18H15NO4. The van der Waals surface area contributed by atoms with Crippen LogP contribution in [-0.4, -0.2) is 17.6 Å². The number of benzene rings is 1. The van der Waals surface area contributed by atoms with Crippen molar-refractivity contribution in [1.82, 2.24) is 4.98 Å². The SMILES string of the molecule is C=C(C)c1ccc2oc3ncc(C(=O)OCC)cc3c(=O)c2c1. The van der Waals surface area contributed by atoms with Crippen LogP contribution in [0, 0.1) is 0 Å². The summed E-state index contributed by atoms with van der Waals surface area (Å²) in [5.74, 6) is -0.517. The molecule has 2 heterocycles. The van der Waals surface area contributed by atoms with Gasteiger partial charge in [0.2, 0.25) is 11.1 Å². The number of hydrogen-bond acceptors (Lipinski definition) is 5. The Balaban J connectivity index is 2.28. The smallest absolute Gasteiger partial charge is 0.339 e. The number of pyridine rings is 1. The topological polar surface area (TPSA) is 69.4 Å². The number of esters is 1. The highest BCUT2D eigenvalue weighted by Crippen LogP contribution is 2.21. The third kappa shape index (κ3) is 2.61. The number of nitrogens with zero attached hydrogens (tertiary/aromatic N) is 1. The second-order valence-electron chi connectivity index (χ2n) is 5.22. The van der Waals surface area contributed by atoms with Crippen LogP contribution in [0.5, 0.6) is 0 Å². The summed E-state index contributed by atoms with van der Waals surface area (Å²) in [7, 11) is 0. The normalized spacial score (nSPS) is 10.9. The van der Waals surface area contributed by atoms with E-state index in [4.69, 9.17) is 9.15 Å². The van der Waals surface area contributed by atoms with Crippen LogP contribution in [-0.2, 0) is 4.74 Å². The highest BCUT2D eigenvalue weighted by Gasteiger charge is 2.14. The molecule has 3 rings (SSSR count). The first-order chi connectivity index (χ1) is 11.0. The number of fused-ring (bicyclic) bond motifs is 2. The van der Waals surface area contributed by atoms with Crippen LogP contribution in [0.2, 0.25) is 0 Å². The van der Waals surface area contributed by atoms with E-state index < -0.39 is 5.97 Å². The van der Waals surface area contributed by atoms with E-state index in [-0.39, 0.29) is 28.7 Å². The molecule has 0 radical (unpaired) electrons. The minimum atomic E-state index is -0.517. The predicted octanol–water partition coefficient (Wildman–Crippen LogP) is 3.55. The standard InChI is InChI=1S/C18H15NO4/c1-4-22-18(21)12-8-14-16(20)13-7-11(10(2)3)5-6-15(13)23-17(14)19-9-12/h5-9H,2,4H2,1,3H3. The Hall–Kier alpha value is -2.95. The highest BCUT2D eigenvalue weighted by molar-refractivity contribution is 5.95. The summed E-state index contributed by atoms with van der Waals surface area (Å²) in [6.45, 7) is 7.71. The fraction of sp³-hybridized carbons (Fsp3) is 0.167. The summed E-state index contributed by atoms with van der Waals surface area (Å²) in [5, 5.41) is 0.683. The van der Waals surface area contributed by atoms with Gasteiger partial charge in [-0.05, 0) is 37.6 Å². The lowest BCUT2D eigenvalue weighted by molar-refractivity contribution is 0.0526. The Labute approximate surface area is 132 Å². The van der Waals surface area contributed by atoms with Gasteiger partial charge in [-0.25, -0.2) is 9.78 Å². The van der Waals surface area contributed by atoms with E-state index in [1.165, 1.54) is 12.3 Å². The van der Waals surface area contributed by atoms with Crippen LogP contribution in [0.3, 0.4) is 0 Å². The highest BCUT2D eigenvalue weighted by atomic mass is 16.5. The summed E-state index contributed by atoms with van der Waals surface area (Å²) >= 11 is 0. The molecular weight excluding hydrogens is 294 g/mol. The van der Waals surface area contributed by atoms with Crippen LogP contribution in [0.25, 0.3) is 27.6 Å². The van der Waals surface area contributed by atoms with E-state index in [1.807, 2.05) is 13.0 Å². The first-order valence-electron chi connectivity index (χ1n) is 7.21. The molecule has 2 aromatic heterocycles. The third-order valence-electron chi connectivity index (χ3n) is 3.53. The van der Waals surface area contributed by atoms with Gasteiger partial charge in [-0.3, -0.25) is 4.79 Å². The van der Waals surface area contributed by atoms with Gasteiger partial charge in [0.1, 0.15) is 5.58 Å². The number of carbonyl (C=O) groups excluding carboxylic acids is 1. The molecule has 23 heavy (non-hydrogen) atoms. The van der Waals surface area contributed by atoms with Crippen molar-refractivity contribution in [2.75, 3.05) is 6.61 Å². The van der Waals surface area contributed by atoms with E-state index in [2.05, 4.69) is 11.6 Å². The van der Waals surface area contributed by atoms with Crippen LogP contribution < -0.4 is 5.43 Å². The zero-order valence-corrected chi connectivity index (χ0v) is 12.9.